The lowest BCUT2D eigenvalue weighted by molar-refractivity contribution is 0.262. The maximum atomic E-state index is 12.3. The number of carbonyl (C=O) groups excluding carboxylic acids is 1. The van der Waals surface area contributed by atoms with Crippen molar-refractivity contribution < 1.29 is 9.53 Å². The Labute approximate surface area is 182 Å². The van der Waals surface area contributed by atoms with Crippen molar-refractivity contribution >= 4 is 23.2 Å². The van der Waals surface area contributed by atoms with Crippen LogP contribution in [0.4, 0.5) is 22.0 Å². The third-order valence-corrected chi connectivity index (χ3v) is 5.19. The summed E-state index contributed by atoms with van der Waals surface area (Å²) in [6.07, 6.45) is 3.72. The third kappa shape index (κ3) is 5.51. The van der Waals surface area contributed by atoms with Crippen LogP contribution in [-0.2, 0) is 0 Å². The summed E-state index contributed by atoms with van der Waals surface area (Å²) in [5, 5.41) is 14.4. The summed E-state index contributed by atoms with van der Waals surface area (Å²) in [5.74, 6) is 1.71. The molecule has 2 N–H and O–H groups in total. The Morgan fingerprint density at radius 1 is 0.871 bits per heavy atom. The predicted molar refractivity (Wildman–Crippen MR) is 124 cm³/mol. The number of benzene rings is 2. The van der Waals surface area contributed by atoms with E-state index in [1.54, 1.807) is 12.1 Å². The molecule has 2 heterocycles. The standard InChI is InChI=1S/C24H27N5O2/c1-2-31-21-12-10-20(11-13-21)26-24(30)25-19-8-6-18(7-9-19)22-14-15-23(28-27-22)29-16-4-3-5-17-29/h6-15H,2-5,16-17H2,1H3,(H2,25,26,30). The molecule has 31 heavy (non-hydrogen) atoms. The summed E-state index contributed by atoms with van der Waals surface area (Å²) in [6.45, 7) is 4.64. The second-order valence-electron chi connectivity index (χ2n) is 7.44. The molecular formula is C24H27N5O2. The van der Waals surface area contributed by atoms with E-state index in [-0.39, 0.29) is 6.03 Å². The van der Waals surface area contributed by atoms with Crippen molar-refractivity contribution in [1.29, 1.82) is 0 Å². The van der Waals surface area contributed by atoms with Crippen LogP contribution in [0.15, 0.2) is 60.7 Å². The predicted octanol–water partition coefficient (Wildman–Crippen LogP) is 5.18. The lowest BCUT2D eigenvalue weighted by Gasteiger charge is -2.27. The number of hydrogen-bond donors (Lipinski definition) is 2. The molecule has 7 heteroatoms. The Hall–Kier alpha value is -3.61. The molecule has 0 radical (unpaired) electrons. The molecule has 160 valence electrons. The van der Waals surface area contributed by atoms with Gasteiger partial charge in [0.05, 0.1) is 12.3 Å². The molecule has 0 saturated carbocycles. The Morgan fingerprint density at radius 2 is 1.52 bits per heavy atom. The maximum absolute atomic E-state index is 12.3. The van der Waals surface area contributed by atoms with E-state index in [0.717, 1.165) is 35.9 Å². The van der Waals surface area contributed by atoms with Gasteiger partial charge in [-0.3, -0.25) is 0 Å². The molecule has 0 atom stereocenters. The van der Waals surface area contributed by atoms with Crippen molar-refractivity contribution in [2.45, 2.75) is 26.2 Å². The van der Waals surface area contributed by atoms with Gasteiger partial charge in [0.1, 0.15) is 5.75 Å². The summed E-state index contributed by atoms with van der Waals surface area (Å²) < 4.78 is 5.41. The van der Waals surface area contributed by atoms with Gasteiger partial charge < -0.3 is 20.3 Å². The lowest BCUT2D eigenvalue weighted by Crippen LogP contribution is -2.30. The van der Waals surface area contributed by atoms with Gasteiger partial charge in [-0.25, -0.2) is 4.79 Å². The van der Waals surface area contributed by atoms with Gasteiger partial charge in [-0.2, -0.15) is 0 Å². The molecule has 1 aliphatic rings. The van der Waals surface area contributed by atoms with Crippen LogP contribution in [0.5, 0.6) is 5.75 Å². The SMILES string of the molecule is CCOc1ccc(NC(=O)Nc2ccc(-c3ccc(N4CCCCC4)nn3)cc2)cc1. The minimum absolute atomic E-state index is 0.303. The van der Waals surface area contributed by atoms with Crippen molar-refractivity contribution in [3.63, 3.8) is 0 Å². The number of urea groups is 1. The van der Waals surface area contributed by atoms with E-state index in [1.165, 1.54) is 19.3 Å². The van der Waals surface area contributed by atoms with Gasteiger partial charge in [-0.15, -0.1) is 10.2 Å². The molecule has 1 aromatic heterocycles. The molecule has 0 unspecified atom stereocenters. The van der Waals surface area contributed by atoms with Crippen molar-refractivity contribution in [3.05, 3.63) is 60.7 Å². The first kappa shape index (κ1) is 20.7. The minimum Gasteiger partial charge on any atom is -0.494 e. The molecule has 0 spiro atoms. The smallest absolute Gasteiger partial charge is 0.323 e. The largest absolute Gasteiger partial charge is 0.494 e. The first-order valence-corrected chi connectivity index (χ1v) is 10.7. The highest BCUT2D eigenvalue weighted by Crippen LogP contribution is 2.22. The quantitative estimate of drug-likeness (QED) is 0.578. The van der Waals surface area contributed by atoms with E-state index in [2.05, 4.69) is 25.7 Å². The van der Waals surface area contributed by atoms with E-state index in [1.807, 2.05) is 55.5 Å². The van der Waals surface area contributed by atoms with Gasteiger partial charge >= 0.3 is 6.03 Å². The van der Waals surface area contributed by atoms with Crippen molar-refractivity contribution in [3.8, 4) is 17.0 Å². The molecule has 1 saturated heterocycles. The fourth-order valence-electron chi connectivity index (χ4n) is 3.59. The van der Waals surface area contributed by atoms with Gasteiger partial charge in [0, 0.05) is 30.0 Å². The molecule has 3 aromatic rings. The number of nitrogens with one attached hydrogen (secondary N) is 2. The molecule has 1 aliphatic heterocycles. The Bertz CT molecular complexity index is 982. The number of nitrogens with zero attached hydrogens (tertiary/aromatic N) is 3. The Balaban J connectivity index is 1.33. The summed E-state index contributed by atoms with van der Waals surface area (Å²) in [7, 11) is 0. The number of piperidine rings is 1. The number of carbonyl (C=O) groups is 1. The van der Waals surface area contributed by atoms with Crippen LogP contribution in [-0.4, -0.2) is 35.9 Å². The molecule has 2 amide bonds. The number of rotatable bonds is 6. The average molecular weight is 418 g/mol. The van der Waals surface area contributed by atoms with E-state index < -0.39 is 0 Å². The number of amides is 2. The fourth-order valence-corrected chi connectivity index (χ4v) is 3.59. The van der Waals surface area contributed by atoms with Gasteiger partial charge in [-0.05, 0) is 74.7 Å². The summed E-state index contributed by atoms with van der Waals surface area (Å²) >= 11 is 0. The zero-order valence-corrected chi connectivity index (χ0v) is 17.7. The monoisotopic (exact) mass is 417 g/mol. The van der Waals surface area contributed by atoms with E-state index in [9.17, 15) is 4.79 Å². The lowest BCUT2D eigenvalue weighted by atomic mass is 10.1. The van der Waals surface area contributed by atoms with Crippen LogP contribution in [0.2, 0.25) is 0 Å². The average Bonchev–Trinajstić information content (AvgIpc) is 2.82. The molecule has 1 fully saturated rings. The van der Waals surface area contributed by atoms with Crippen molar-refractivity contribution in [2.24, 2.45) is 0 Å². The first-order chi connectivity index (χ1) is 15.2. The van der Waals surface area contributed by atoms with E-state index >= 15 is 0 Å². The normalized spacial score (nSPS) is 13.5. The summed E-state index contributed by atoms with van der Waals surface area (Å²) in [5.41, 5.74) is 3.16. The molecular weight excluding hydrogens is 390 g/mol. The van der Waals surface area contributed by atoms with Gasteiger partial charge in [-0.1, -0.05) is 12.1 Å². The van der Waals surface area contributed by atoms with Crippen LogP contribution in [0.3, 0.4) is 0 Å². The fraction of sp³-hybridized carbons (Fsp3) is 0.292. The van der Waals surface area contributed by atoms with Crippen LogP contribution in [0, 0.1) is 0 Å². The van der Waals surface area contributed by atoms with Crippen LogP contribution in [0.25, 0.3) is 11.3 Å². The van der Waals surface area contributed by atoms with Crippen LogP contribution < -0.4 is 20.3 Å². The highest BCUT2D eigenvalue weighted by molar-refractivity contribution is 5.99. The second-order valence-corrected chi connectivity index (χ2v) is 7.44. The van der Waals surface area contributed by atoms with E-state index in [4.69, 9.17) is 4.74 Å². The number of anilines is 3. The maximum Gasteiger partial charge on any atom is 0.323 e. The van der Waals surface area contributed by atoms with E-state index in [0.29, 0.717) is 18.0 Å². The first-order valence-electron chi connectivity index (χ1n) is 10.7. The number of ether oxygens (including phenoxy) is 1. The van der Waals surface area contributed by atoms with Crippen LogP contribution in [0.1, 0.15) is 26.2 Å². The number of hydrogen-bond acceptors (Lipinski definition) is 5. The van der Waals surface area contributed by atoms with Gasteiger partial charge in [0.25, 0.3) is 0 Å². The van der Waals surface area contributed by atoms with Crippen molar-refractivity contribution in [1.82, 2.24) is 10.2 Å². The Kier molecular flexibility index (Phi) is 6.62. The zero-order valence-electron chi connectivity index (χ0n) is 17.7. The van der Waals surface area contributed by atoms with Crippen LogP contribution >= 0.6 is 0 Å². The second kappa shape index (κ2) is 9.93. The molecule has 0 bridgehead atoms. The highest BCUT2D eigenvalue weighted by atomic mass is 16.5. The molecule has 4 rings (SSSR count). The number of aromatic nitrogens is 2. The van der Waals surface area contributed by atoms with Gasteiger partial charge in [0.2, 0.25) is 0 Å². The highest BCUT2D eigenvalue weighted by Gasteiger charge is 2.12. The summed E-state index contributed by atoms with van der Waals surface area (Å²) in [6, 6.07) is 18.6. The summed E-state index contributed by atoms with van der Waals surface area (Å²) in [4.78, 5) is 14.5. The zero-order chi connectivity index (χ0) is 21.5. The molecule has 0 aliphatic carbocycles. The topological polar surface area (TPSA) is 79.4 Å². The van der Waals surface area contributed by atoms with Crippen molar-refractivity contribution in [2.75, 3.05) is 35.2 Å². The van der Waals surface area contributed by atoms with Gasteiger partial charge in [0.15, 0.2) is 5.82 Å². The Morgan fingerprint density at radius 3 is 2.10 bits per heavy atom. The third-order valence-electron chi connectivity index (χ3n) is 5.19. The molecule has 2 aromatic carbocycles. The molecule has 7 nitrogen and oxygen atoms in total. The minimum atomic E-state index is -0.303.